The summed E-state index contributed by atoms with van der Waals surface area (Å²) in [5.41, 5.74) is 0.594. The highest BCUT2D eigenvalue weighted by atomic mass is 16.5. The molecule has 1 fully saturated rings. The van der Waals surface area contributed by atoms with Gasteiger partial charge in [0, 0.05) is 25.6 Å². The molecule has 1 saturated heterocycles. The fraction of sp³-hybridized carbons (Fsp3) is 0.667. The fourth-order valence-corrected chi connectivity index (χ4v) is 3.55. The fourth-order valence-electron chi connectivity index (χ4n) is 3.55. The van der Waals surface area contributed by atoms with Crippen LogP contribution in [0, 0.1) is 6.92 Å². The van der Waals surface area contributed by atoms with E-state index in [1.165, 1.54) is 4.68 Å². The Labute approximate surface area is 152 Å². The number of carbonyl (C=O) groups is 1. The van der Waals surface area contributed by atoms with Crippen LogP contribution in [-0.2, 0) is 24.3 Å². The molecule has 0 aromatic carbocycles. The van der Waals surface area contributed by atoms with E-state index in [0.717, 1.165) is 43.6 Å². The molecule has 2 aromatic rings. The molecule has 3 rings (SSSR count). The lowest BCUT2D eigenvalue weighted by atomic mass is 10.1. The second-order valence-corrected chi connectivity index (χ2v) is 6.82. The Bertz CT molecular complexity index is 819. The van der Waals surface area contributed by atoms with E-state index in [1.807, 2.05) is 19.9 Å². The van der Waals surface area contributed by atoms with Gasteiger partial charge in [0.15, 0.2) is 5.76 Å². The van der Waals surface area contributed by atoms with Crippen molar-refractivity contribution in [2.45, 2.75) is 72.0 Å². The van der Waals surface area contributed by atoms with Gasteiger partial charge in [-0.05, 0) is 33.1 Å². The quantitative estimate of drug-likeness (QED) is 0.753. The van der Waals surface area contributed by atoms with Crippen molar-refractivity contribution < 1.29 is 9.32 Å². The summed E-state index contributed by atoms with van der Waals surface area (Å²) in [7, 11) is 0. The maximum absolute atomic E-state index is 12.8. The lowest BCUT2D eigenvalue weighted by molar-refractivity contribution is -0.133. The summed E-state index contributed by atoms with van der Waals surface area (Å²) in [5.74, 6) is 1.37. The summed E-state index contributed by atoms with van der Waals surface area (Å²) in [5, 5.41) is 8.34. The van der Waals surface area contributed by atoms with Gasteiger partial charge in [0.25, 0.3) is 0 Å². The summed E-state index contributed by atoms with van der Waals surface area (Å²) >= 11 is 0. The average molecular weight is 361 g/mol. The number of unbranched alkanes of at least 4 members (excludes halogenated alkanes) is 1. The van der Waals surface area contributed by atoms with Crippen molar-refractivity contribution in [1.29, 1.82) is 0 Å². The van der Waals surface area contributed by atoms with Crippen molar-refractivity contribution >= 4 is 5.91 Å². The molecule has 0 unspecified atom stereocenters. The SMILES string of the molecule is CCCCc1nn(CC(=O)N2CCC[C@H]2c2cc(C)no2)c(=O)n1CC. The lowest BCUT2D eigenvalue weighted by Gasteiger charge is -2.22. The van der Waals surface area contributed by atoms with Crippen LogP contribution in [-0.4, -0.2) is 36.9 Å². The van der Waals surface area contributed by atoms with E-state index in [-0.39, 0.29) is 24.2 Å². The molecular weight excluding hydrogens is 334 g/mol. The van der Waals surface area contributed by atoms with E-state index in [4.69, 9.17) is 4.52 Å². The van der Waals surface area contributed by atoms with Crippen molar-refractivity contribution in [3.05, 3.63) is 33.8 Å². The molecule has 0 N–H and O–H groups in total. The first-order valence-corrected chi connectivity index (χ1v) is 9.44. The van der Waals surface area contributed by atoms with E-state index < -0.39 is 0 Å². The minimum atomic E-state index is -0.210. The van der Waals surface area contributed by atoms with Gasteiger partial charge in [0.1, 0.15) is 12.4 Å². The third kappa shape index (κ3) is 3.59. The molecule has 0 saturated carbocycles. The van der Waals surface area contributed by atoms with E-state index in [0.29, 0.717) is 18.8 Å². The number of carbonyl (C=O) groups excluding carboxylic acids is 1. The van der Waals surface area contributed by atoms with Crippen molar-refractivity contribution in [2.75, 3.05) is 6.54 Å². The van der Waals surface area contributed by atoms with Crippen molar-refractivity contribution in [3.8, 4) is 0 Å². The minimum absolute atomic E-state index is 0.0332. The largest absolute Gasteiger partial charge is 0.359 e. The van der Waals surface area contributed by atoms with Crippen molar-refractivity contribution in [1.82, 2.24) is 24.4 Å². The molecule has 26 heavy (non-hydrogen) atoms. The zero-order chi connectivity index (χ0) is 18.7. The molecule has 1 aliphatic rings. The number of nitrogens with zero attached hydrogens (tertiary/aromatic N) is 5. The van der Waals surface area contributed by atoms with Gasteiger partial charge < -0.3 is 9.42 Å². The first-order valence-electron chi connectivity index (χ1n) is 9.44. The molecule has 0 spiro atoms. The number of hydrogen-bond donors (Lipinski definition) is 0. The normalized spacial score (nSPS) is 17.2. The van der Waals surface area contributed by atoms with Crippen LogP contribution < -0.4 is 5.69 Å². The molecule has 142 valence electrons. The number of amides is 1. The maximum Gasteiger partial charge on any atom is 0.346 e. The topological polar surface area (TPSA) is 86.2 Å². The molecule has 0 aliphatic carbocycles. The summed E-state index contributed by atoms with van der Waals surface area (Å²) in [6, 6.07) is 1.77. The predicted octanol–water partition coefficient (Wildman–Crippen LogP) is 2.07. The van der Waals surface area contributed by atoms with Gasteiger partial charge >= 0.3 is 5.69 Å². The van der Waals surface area contributed by atoms with Crippen LogP contribution in [0.15, 0.2) is 15.4 Å². The number of hydrogen-bond acceptors (Lipinski definition) is 5. The summed E-state index contributed by atoms with van der Waals surface area (Å²) < 4.78 is 8.32. The lowest BCUT2D eigenvalue weighted by Crippen LogP contribution is -2.36. The van der Waals surface area contributed by atoms with Crippen LogP contribution in [0.1, 0.15) is 62.9 Å². The number of aryl methyl sites for hydroxylation is 2. The van der Waals surface area contributed by atoms with Gasteiger partial charge in [-0.1, -0.05) is 18.5 Å². The number of rotatable bonds is 7. The molecule has 0 radical (unpaired) electrons. The van der Waals surface area contributed by atoms with Crippen molar-refractivity contribution in [2.24, 2.45) is 0 Å². The molecule has 0 bridgehead atoms. The summed E-state index contributed by atoms with van der Waals surface area (Å²) in [6.45, 7) is 7.09. The third-order valence-electron chi connectivity index (χ3n) is 4.90. The Kier molecular flexibility index (Phi) is 5.58. The smallest absolute Gasteiger partial charge is 0.346 e. The molecule has 3 heterocycles. The van der Waals surface area contributed by atoms with Crippen LogP contribution in [0.5, 0.6) is 0 Å². The van der Waals surface area contributed by atoms with Gasteiger partial charge in [-0.25, -0.2) is 9.48 Å². The molecule has 8 heteroatoms. The van der Waals surface area contributed by atoms with Gasteiger partial charge in [-0.2, -0.15) is 5.10 Å². The Morgan fingerprint density at radius 2 is 2.19 bits per heavy atom. The van der Waals surface area contributed by atoms with E-state index in [1.54, 1.807) is 9.47 Å². The first-order chi connectivity index (χ1) is 12.5. The van der Waals surface area contributed by atoms with E-state index in [9.17, 15) is 9.59 Å². The summed E-state index contributed by atoms with van der Waals surface area (Å²) in [6.07, 6.45) is 4.53. The monoisotopic (exact) mass is 361 g/mol. The Morgan fingerprint density at radius 1 is 1.38 bits per heavy atom. The first kappa shape index (κ1) is 18.4. The standard InChI is InChI=1S/C18H27N5O3/c1-4-6-9-16-19-23(18(25)21(16)5-2)12-17(24)22-10-7-8-14(22)15-11-13(3)20-26-15/h11,14H,4-10,12H2,1-3H3/t14-/m0/s1. The van der Waals surface area contributed by atoms with Crippen molar-refractivity contribution in [3.63, 3.8) is 0 Å². The molecule has 1 atom stereocenters. The molecule has 2 aromatic heterocycles. The van der Waals surface area contributed by atoms with Gasteiger partial charge in [0.2, 0.25) is 5.91 Å². The molecular formula is C18H27N5O3. The molecule has 1 amide bonds. The molecule has 1 aliphatic heterocycles. The zero-order valence-corrected chi connectivity index (χ0v) is 15.8. The van der Waals surface area contributed by atoms with Crippen LogP contribution in [0.25, 0.3) is 0 Å². The van der Waals surface area contributed by atoms with E-state index >= 15 is 0 Å². The Balaban J connectivity index is 1.77. The Hall–Kier alpha value is -2.38. The zero-order valence-electron chi connectivity index (χ0n) is 15.8. The highest BCUT2D eigenvalue weighted by Gasteiger charge is 2.33. The Morgan fingerprint density at radius 3 is 2.85 bits per heavy atom. The minimum Gasteiger partial charge on any atom is -0.359 e. The number of likely N-dealkylation sites (tertiary alicyclic amines) is 1. The van der Waals surface area contributed by atoms with Gasteiger partial charge in [-0.15, -0.1) is 0 Å². The van der Waals surface area contributed by atoms with Gasteiger partial charge in [0.05, 0.1) is 11.7 Å². The van der Waals surface area contributed by atoms with Crippen LogP contribution in [0.2, 0.25) is 0 Å². The highest BCUT2D eigenvalue weighted by Crippen LogP contribution is 2.32. The molecule has 8 nitrogen and oxygen atoms in total. The van der Waals surface area contributed by atoms with E-state index in [2.05, 4.69) is 17.2 Å². The maximum atomic E-state index is 12.8. The third-order valence-corrected chi connectivity index (χ3v) is 4.90. The van der Waals surface area contributed by atoms with Crippen LogP contribution in [0.3, 0.4) is 0 Å². The second kappa shape index (κ2) is 7.88. The average Bonchev–Trinajstić information content (AvgIpc) is 3.32. The van der Waals surface area contributed by atoms with Gasteiger partial charge in [-0.3, -0.25) is 9.36 Å². The predicted molar refractivity (Wildman–Crippen MR) is 95.7 cm³/mol. The number of aromatic nitrogens is 4. The second-order valence-electron chi connectivity index (χ2n) is 6.82. The van der Waals surface area contributed by atoms with Crippen LogP contribution >= 0.6 is 0 Å². The van der Waals surface area contributed by atoms with Crippen LogP contribution in [0.4, 0.5) is 0 Å². The summed E-state index contributed by atoms with van der Waals surface area (Å²) in [4.78, 5) is 27.2. The highest BCUT2D eigenvalue weighted by molar-refractivity contribution is 5.76.